The molecule has 2 unspecified atom stereocenters. The number of amides is 1. The van der Waals surface area contributed by atoms with E-state index < -0.39 is 30.0 Å². The zero-order valence-electron chi connectivity index (χ0n) is 11.7. The van der Waals surface area contributed by atoms with Crippen LogP contribution in [0.25, 0.3) is 0 Å². The first kappa shape index (κ1) is 15.6. The maximum atomic E-state index is 12.0. The van der Waals surface area contributed by atoms with Gasteiger partial charge in [-0.3, -0.25) is 4.90 Å². The summed E-state index contributed by atoms with van der Waals surface area (Å²) in [5, 5.41) is 9.27. The fraction of sp³-hybridized carbons (Fsp3) is 0.833. The van der Waals surface area contributed by atoms with Crippen molar-refractivity contribution >= 4 is 12.2 Å². The number of rotatable bonds is 2. The van der Waals surface area contributed by atoms with E-state index in [1.54, 1.807) is 20.8 Å². The van der Waals surface area contributed by atoms with Gasteiger partial charge in [0, 0.05) is 6.42 Å². The van der Waals surface area contributed by atoms with Gasteiger partial charge < -0.3 is 19.3 Å². The van der Waals surface area contributed by atoms with E-state index in [-0.39, 0.29) is 13.2 Å². The van der Waals surface area contributed by atoms with Crippen LogP contribution >= 0.6 is 0 Å². The number of methoxy groups -OCH3 is 1. The van der Waals surface area contributed by atoms with Gasteiger partial charge in [-0.05, 0) is 20.8 Å². The topological polar surface area (TPSA) is 85.3 Å². The zero-order valence-corrected chi connectivity index (χ0v) is 11.7. The third-order valence-corrected chi connectivity index (χ3v) is 2.64. The predicted octanol–water partition coefficient (Wildman–Crippen LogP) is 1.14. The molecular weight excluding hydrogens is 254 g/mol. The molecule has 0 aromatic heterocycles. The van der Waals surface area contributed by atoms with Crippen molar-refractivity contribution in [2.24, 2.45) is 0 Å². The monoisotopic (exact) mass is 275 g/mol. The van der Waals surface area contributed by atoms with E-state index in [1.807, 2.05) is 0 Å². The Hall–Kier alpha value is -1.50. The van der Waals surface area contributed by atoms with Crippen LogP contribution in [0.1, 0.15) is 27.2 Å². The van der Waals surface area contributed by atoms with Gasteiger partial charge in [0.25, 0.3) is 0 Å². The molecule has 2 atom stereocenters. The lowest BCUT2D eigenvalue weighted by atomic mass is 10.2. The van der Waals surface area contributed by atoms with E-state index >= 15 is 0 Å². The molecule has 1 aliphatic heterocycles. The SMILES string of the molecule is COC(=O)OC1CC(CO)N(C(=O)OC(C)(C)C)C1. The minimum Gasteiger partial charge on any atom is -0.444 e. The maximum Gasteiger partial charge on any atom is 0.508 e. The van der Waals surface area contributed by atoms with Crippen LogP contribution in [0.5, 0.6) is 0 Å². The van der Waals surface area contributed by atoms with Crippen molar-refractivity contribution in [3.63, 3.8) is 0 Å². The van der Waals surface area contributed by atoms with Crippen molar-refractivity contribution < 1.29 is 28.9 Å². The minimum atomic E-state index is -0.798. The number of carbonyl (C=O) groups excluding carboxylic acids is 2. The van der Waals surface area contributed by atoms with E-state index in [4.69, 9.17) is 9.47 Å². The van der Waals surface area contributed by atoms with Crippen LogP contribution in [0.15, 0.2) is 0 Å². The Kier molecular flexibility index (Phi) is 4.99. The molecule has 0 aromatic carbocycles. The van der Waals surface area contributed by atoms with Crippen molar-refractivity contribution in [3.05, 3.63) is 0 Å². The van der Waals surface area contributed by atoms with Crippen molar-refractivity contribution in [2.75, 3.05) is 20.3 Å². The third-order valence-electron chi connectivity index (χ3n) is 2.64. The van der Waals surface area contributed by atoms with Crippen LogP contribution in [0, 0.1) is 0 Å². The van der Waals surface area contributed by atoms with Gasteiger partial charge in [-0.15, -0.1) is 0 Å². The molecule has 1 amide bonds. The molecule has 110 valence electrons. The van der Waals surface area contributed by atoms with E-state index in [0.717, 1.165) is 0 Å². The normalized spacial score (nSPS) is 23.1. The Morgan fingerprint density at radius 3 is 2.47 bits per heavy atom. The first-order valence-electron chi connectivity index (χ1n) is 6.12. The number of aliphatic hydroxyl groups excluding tert-OH is 1. The van der Waals surface area contributed by atoms with Crippen LogP contribution < -0.4 is 0 Å². The Labute approximate surface area is 112 Å². The highest BCUT2D eigenvalue weighted by atomic mass is 16.7. The van der Waals surface area contributed by atoms with Crippen LogP contribution in [0.4, 0.5) is 9.59 Å². The second kappa shape index (κ2) is 6.10. The molecule has 1 saturated heterocycles. The molecule has 7 heteroatoms. The molecule has 1 aliphatic rings. The molecule has 1 N–H and O–H groups in total. The van der Waals surface area contributed by atoms with E-state index in [1.165, 1.54) is 12.0 Å². The summed E-state index contributed by atoms with van der Waals surface area (Å²) in [6, 6.07) is -0.412. The first-order chi connectivity index (χ1) is 8.76. The lowest BCUT2D eigenvalue weighted by Crippen LogP contribution is -2.41. The second-order valence-corrected chi connectivity index (χ2v) is 5.40. The summed E-state index contributed by atoms with van der Waals surface area (Å²) in [6.45, 7) is 5.27. The molecular formula is C12H21NO6. The van der Waals surface area contributed by atoms with E-state index in [0.29, 0.717) is 6.42 Å². The van der Waals surface area contributed by atoms with Crippen molar-refractivity contribution in [3.8, 4) is 0 Å². The summed E-state index contributed by atoms with van der Waals surface area (Å²) in [6.07, 6.45) is -1.45. The van der Waals surface area contributed by atoms with E-state index in [9.17, 15) is 14.7 Å². The van der Waals surface area contributed by atoms with Crippen molar-refractivity contribution in [1.29, 1.82) is 0 Å². The first-order valence-corrected chi connectivity index (χ1v) is 6.12. The minimum absolute atomic E-state index is 0.190. The number of hydrogen-bond acceptors (Lipinski definition) is 6. The molecule has 0 aliphatic carbocycles. The van der Waals surface area contributed by atoms with Crippen LogP contribution in [0.3, 0.4) is 0 Å². The molecule has 1 rings (SSSR count). The molecule has 1 heterocycles. The standard InChI is InChI=1S/C12H21NO6/c1-12(2,3)19-10(15)13-6-9(5-8(13)7-14)18-11(16)17-4/h8-9,14H,5-7H2,1-4H3. The molecule has 7 nitrogen and oxygen atoms in total. The molecule has 0 saturated carbocycles. The van der Waals surface area contributed by atoms with Gasteiger partial charge in [0.15, 0.2) is 0 Å². The quantitative estimate of drug-likeness (QED) is 0.761. The third kappa shape index (κ3) is 4.59. The average molecular weight is 275 g/mol. The van der Waals surface area contributed by atoms with Gasteiger partial charge in [-0.1, -0.05) is 0 Å². The smallest absolute Gasteiger partial charge is 0.444 e. The van der Waals surface area contributed by atoms with Crippen LogP contribution in [-0.4, -0.2) is 60.3 Å². The van der Waals surface area contributed by atoms with Crippen LogP contribution in [0.2, 0.25) is 0 Å². The highest BCUT2D eigenvalue weighted by Gasteiger charge is 2.39. The number of likely N-dealkylation sites (tertiary alicyclic amines) is 1. The van der Waals surface area contributed by atoms with Gasteiger partial charge in [-0.25, -0.2) is 9.59 Å². The molecule has 1 fully saturated rings. The number of aliphatic hydroxyl groups is 1. The second-order valence-electron chi connectivity index (χ2n) is 5.40. The van der Waals surface area contributed by atoms with Crippen molar-refractivity contribution in [1.82, 2.24) is 4.90 Å². The summed E-state index contributed by atoms with van der Waals surface area (Å²) >= 11 is 0. The van der Waals surface area contributed by atoms with Gasteiger partial charge in [-0.2, -0.15) is 0 Å². The van der Waals surface area contributed by atoms with Gasteiger partial charge in [0.1, 0.15) is 11.7 Å². The highest BCUT2D eigenvalue weighted by molar-refractivity contribution is 5.69. The number of hydrogen-bond donors (Lipinski definition) is 1. The summed E-state index contributed by atoms with van der Waals surface area (Å²) < 4.78 is 14.6. The van der Waals surface area contributed by atoms with Gasteiger partial charge in [0.2, 0.25) is 0 Å². The maximum absolute atomic E-state index is 12.0. The summed E-state index contributed by atoms with van der Waals surface area (Å²) in [5.74, 6) is 0. The Morgan fingerprint density at radius 1 is 1.37 bits per heavy atom. The largest absolute Gasteiger partial charge is 0.508 e. The number of carbonyl (C=O) groups is 2. The fourth-order valence-corrected chi connectivity index (χ4v) is 1.86. The molecule has 19 heavy (non-hydrogen) atoms. The fourth-order valence-electron chi connectivity index (χ4n) is 1.86. The van der Waals surface area contributed by atoms with Gasteiger partial charge >= 0.3 is 12.2 Å². The molecule has 0 bridgehead atoms. The Bertz CT molecular complexity index is 338. The summed E-state index contributed by atoms with van der Waals surface area (Å²) in [4.78, 5) is 24.4. The molecule has 0 spiro atoms. The Morgan fingerprint density at radius 2 is 2.00 bits per heavy atom. The number of nitrogens with zero attached hydrogens (tertiary/aromatic N) is 1. The van der Waals surface area contributed by atoms with Crippen molar-refractivity contribution in [2.45, 2.75) is 44.9 Å². The molecule has 0 aromatic rings. The predicted molar refractivity (Wildman–Crippen MR) is 65.7 cm³/mol. The lowest BCUT2D eigenvalue weighted by Gasteiger charge is -2.27. The molecule has 0 radical (unpaired) electrons. The van der Waals surface area contributed by atoms with Gasteiger partial charge in [0.05, 0.1) is 26.3 Å². The van der Waals surface area contributed by atoms with Crippen LogP contribution in [-0.2, 0) is 14.2 Å². The van der Waals surface area contributed by atoms with E-state index in [2.05, 4.69) is 4.74 Å². The zero-order chi connectivity index (χ0) is 14.6. The lowest BCUT2D eigenvalue weighted by molar-refractivity contribution is 0.0130. The average Bonchev–Trinajstić information content (AvgIpc) is 2.69. The highest BCUT2D eigenvalue weighted by Crippen LogP contribution is 2.23. The summed E-state index contributed by atoms with van der Waals surface area (Å²) in [5.41, 5.74) is -0.613. The summed E-state index contributed by atoms with van der Waals surface area (Å²) in [7, 11) is 1.21. The Balaban J connectivity index is 2.62. The number of ether oxygens (including phenoxy) is 3.